The van der Waals surface area contributed by atoms with E-state index >= 15 is 0 Å². The molecular weight excluding hydrogens is 1140 g/mol. The van der Waals surface area contributed by atoms with Crippen LogP contribution in [0, 0.1) is 13.8 Å². The van der Waals surface area contributed by atoms with Gasteiger partial charge in [0.2, 0.25) is 11.4 Å². The zero-order chi connectivity index (χ0) is 65.6. The third-order valence-corrected chi connectivity index (χ3v) is 21.4. The van der Waals surface area contributed by atoms with Gasteiger partial charge in [0.25, 0.3) is 0 Å². The molecule has 3 heteroatoms. The predicted molar refractivity (Wildman–Crippen MR) is 408 cm³/mol. The third kappa shape index (κ3) is 46.8. The van der Waals surface area contributed by atoms with Crippen LogP contribution in [0.3, 0.4) is 0 Å². The number of allylic oxidation sites excluding steroid dienone is 2. The second-order valence-electron chi connectivity index (χ2n) is 29.2. The molecule has 0 saturated carbocycles. The summed E-state index contributed by atoms with van der Waals surface area (Å²) in [5.41, 5.74) is 25.2. The van der Waals surface area contributed by atoms with Crippen LogP contribution in [0.15, 0.2) is 47.5 Å². The smallest absolute Gasteiger partial charge is 0.0654 e. The fourth-order valence-corrected chi connectivity index (χ4v) is 15.5. The second kappa shape index (κ2) is 64.0. The van der Waals surface area contributed by atoms with E-state index in [-0.39, 0.29) is 0 Å². The second-order valence-corrected chi connectivity index (χ2v) is 30.7. The molecule has 91 heavy (non-hydrogen) atoms. The molecular formula is C88H158N2Ni. The Kier molecular flexibility index (Phi) is 59.9. The Bertz CT molecular complexity index is 1910. The van der Waals surface area contributed by atoms with Gasteiger partial charge >= 0.3 is 166 Å². The van der Waals surface area contributed by atoms with Gasteiger partial charge < -0.3 is 5.53 Å². The third-order valence-electron chi connectivity index (χ3n) is 20.0. The fraction of sp³-hybridized carbons (Fsp3) is 0.818. The number of hydrogen-bond acceptors (Lipinski definition) is 0. The fourth-order valence-electron chi connectivity index (χ4n) is 14.3. The molecule has 0 atom stereocenters. The summed E-state index contributed by atoms with van der Waals surface area (Å²) in [6.07, 6.45) is 86.3. The molecule has 0 saturated heterocycles. The molecule has 0 aromatic heterocycles. The van der Waals surface area contributed by atoms with Crippen LogP contribution in [0.1, 0.15) is 460 Å². The first kappa shape index (κ1) is 85.1. The van der Waals surface area contributed by atoms with Gasteiger partial charge in [0.15, 0.2) is 0 Å². The van der Waals surface area contributed by atoms with Gasteiger partial charge in [-0.1, -0.05) is 270 Å². The Labute approximate surface area is 577 Å². The van der Waals surface area contributed by atoms with E-state index < -0.39 is 0 Å². The van der Waals surface area contributed by atoms with Gasteiger partial charge in [-0.15, -0.1) is 0 Å². The standard InChI is InChI=1S/C46H72N2.2C21H43.Ni/c1-7-11-15-19-21-25-29-43-44(30-26-22-20-16-12-8-2)46(48(47)45(43)41-32-37(5)31-38(6)33-41)42-35-39(27-23-17-13-9-3)34-40(36-42)28-24-18-14-10-4;2*1-3-5-7-9-11-13-15-17-19-21-20-18-16-14-12-10-8-6-4-2;/h31-36H,7-30H2,1-6H3;2*1,3-21H2,2H3;. The minimum atomic E-state index is 1.04. The molecule has 0 radical (unpaired) electrons. The van der Waals surface area contributed by atoms with Crippen molar-refractivity contribution in [3.05, 3.63) is 86.5 Å². The molecule has 530 valence electrons. The van der Waals surface area contributed by atoms with E-state index in [1.807, 2.05) is 14.4 Å². The molecule has 0 spiro atoms. The Morgan fingerprint density at radius 2 is 0.451 bits per heavy atom. The van der Waals surface area contributed by atoms with Crippen LogP contribution in [0.5, 0.6) is 0 Å². The van der Waals surface area contributed by atoms with E-state index in [2.05, 4.69) is 91.8 Å². The molecule has 0 N–H and O–H groups in total. The van der Waals surface area contributed by atoms with Crippen LogP contribution in [0.4, 0.5) is 0 Å². The quantitative estimate of drug-likeness (QED) is 0.0358. The minimum Gasteiger partial charge on any atom is -0.0654 e. The number of unbranched alkanes of at least 4 members (excludes halogenated alkanes) is 52. The number of nitrogens with zero attached hydrogens (tertiary/aromatic N) is 2. The van der Waals surface area contributed by atoms with Crippen LogP contribution in [0.2, 0.25) is 10.8 Å². The van der Waals surface area contributed by atoms with E-state index in [0.717, 1.165) is 37.1 Å². The molecule has 2 nitrogen and oxygen atoms in total. The first-order valence-electron chi connectivity index (χ1n) is 41.5. The molecule has 1 aliphatic heterocycles. The van der Waals surface area contributed by atoms with Gasteiger partial charge in [0, 0.05) is 22.3 Å². The molecule has 0 unspecified atom stereocenters. The van der Waals surface area contributed by atoms with Crippen molar-refractivity contribution in [1.29, 1.82) is 0 Å². The van der Waals surface area contributed by atoms with E-state index in [9.17, 15) is 5.53 Å². The Balaban J connectivity index is 0.000000625. The molecule has 0 bridgehead atoms. The molecule has 2 aromatic carbocycles. The van der Waals surface area contributed by atoms with Crippen LogP contribution in [-0.2, 0) is 27.3 Å². The molecule has 0 fully saturated rings. The summed E-state index contributed by atoms with van der Waals surface area (Å²) in [4.78, 5) is 0. The first-order chi connectivity index (χ1) is 44.8. The zero-order valence-electron chi connectivity index (χ0n) is 62.9. The maximum absolute atomic E-state index is 12.4. The van der Waals surface area contributed by atoms with Crippen molar-refractivity contribution in [3.63, 3.8) is 0 Å². The maximum atomic E-state index is 12.4. The van der Waals surface area contributed by atoms with Gasteiger partial charge in [-0.2, -0.15) is 0 Å². The van der Waals surface area contributed by atoms with Crippen molar-refractivity contribution >= 4 is 11.4 Å². The topological polar surface area (TPSA) is 25.3 Å². The summed E-state index contributed by atoms with van der Waals surface area (Å²) in [6.45, 7) is 18.2. The molecule has 0 aliphatic carbocycles. The van der Waals surface area contributed by atoms with Crippen LogP contribution in [-0.4, -0.2) is 4.70 Å². The Hall–Kier alpha value is -1.99. The van der Waals surface area contributed by atoms with Gasteiger partial charge in [-0.05, 0) is 101 Å². The minimum absolute atomic E-state index is 1.04. The van der Waals surface area contributed by atoms with Crippen LogP contribution < -0.4 is 0 Å². The van der Waals surface area contributed by atoms with Gasteiger partial charge in [-0.25, -0.2) is 4.70 Å². The van der Waals surface area contributed by atoms with E-state index in [1.165, 1.54) is 428 Å². The molecule has 1 heterocycles. The summed E-state index contributed by atoms with van der Waals surface area (Å²) in [6, 6.07) is 14.2. The summed E-state index contributed by atoms with van der Waals surface area (Å²) in [5, 5.41) is 2.87. The molecule has 0 amide bonds. The van der Waals surface area contributed by atoms with Crippen LogP contribution >= 0.6 is 0 Å². The average molecular weight is 1300 g/mol. The van der Waals surface area contributed by atoms with Crippen molar-refractivity contribution in [2.24, 2.45) is 0 Å². The number of aryl methyl sites for hydroxylation is 4. The van der Waals surface area contributed by atoms with Crippen molar-refractivity contribution in [3.8, 4) is 0 Å². The SMILES string of the molecule is CCCCCCCCC1=C(c2cc(C)cc(C)c2)[N+](=[N-])C(c2cc(CCCCCC)cc(CCCCCC)c2)=C1CCCCCCCC.CCCCCCCCCCCCCCCCCCCC[CH2][Ni][CH2]CCCCCCCCCCCCCCCCCCCC. The summed E-state index contributed by atoms with van der Waals surface area (Å²) >= 11 is 2.05. The van der Waals surface area contributed by atoms with Gasteiger partial charge in [-0.3, -0.25) is 0 Å². The summed E-state index contributed by atoms with van der Waals surface area (Å²) < 4.78 is 1.64. The molecule has 1 aliphatic rings. The van der Waals surface area contributed by atoms with Crippen molar-refractivity contribution in [1.82, 2.24) is 0 Å². The molecule has 3 rings (SSSR count). The van der Waals surface area contributed by atoms with E-state index in [0.29, 0.717) is 0 Å². The monoisotopic (exact) mass is 1300 g/mol. The van der Waals surface area contributed by atoms with E-state index in [4.69, 9.17) is 0 Å². The van der Waals surface area contributed by atoms with Crippen molar-refractivity contribution in [2.45, 2.75) is 464 Å². The van der Waals surface area contributed by atoms with Crippen molar-refractivity contribution < 1.29 is 19.1 Å². The van der Waals surface area contributed by atoms with E-state index in [1.54, 1.807) is 4.70 Å². The average Bonchev–Trinajstić information content (AvgIpc) is 1.65. The van der Waals surface area contributed by atoms with Gasteiger partial charge in [0.05, 0.1) is 0 Å². The zero-order valence-corrected chi connectivity index (χ0v) is 63.9. The number of rotatable bonds is 66. The predicted octanol–water partition coefficient (Wildman–Crippen LogP) is 32.0. The number of hydrogen-bond donors (Lipinski definition) is 0. The summed E-state index contributed by atoms with van der Waals surface area (Å²) in [5.74, 6) is 0. The van der Waals surface area contributed by atoms with Gasteiger partial charge in [0.1, 0.15) is 0 Å². The number of benzene rings is 2. The first-order valence-corrected chi connectivity index (χ1v) is 42.9. The summed E-state index contributed by atoms with van der Waals surface area (Å²) in [7, 11) is 0. The Morgan fingerprint density at radius 3 is 0.714 bits per heavy atom. The normalized spacial score (nSPS) is 12.6. The van der Waals surface area contributed by atoms with Crippen LogP contribution in [0.25, 0.3) is 16.9 Å². The van der Waals surface area contributed by atoms with Crippen molar-refractivity contribution in [2.75, 3.05) is 0 Å². The Morgan fingerprint density at radius 1 is 0.242 bits per heavy atom. The molecule has 2 aromatic rings.